The lowest BCUT2D eigenvalue weighted by atomic mass is 9.61. The molecule has 4 heteroatoms. The molecular weight excluding hydrogens is 500 g/mol. The first kappa shape index (κ1) is 25.2. The zero-order valence-electron chi connectivity index (χ0n) is 23.7. The van der Waals surface area contributed by atoms with E-state index in [1.54, 1.807) is 0 Å². The van der Waals surface area contributed by atoms with Crippen molar-refractivity contribution in [3.8, 4) is 11.8 Å². The number of aliphatic imine (C=N–C) groups is 1. The van der Waals surface area contributed by atoms with Gasteiger partial charge >= 0.3 is 0 Å². The quantitative estimate of drug-likeness (QED) is 0.431. The van der Waals surface area contributed by atoms with Gasteiger partial charge in [0.15, 0.2) is 0 Å². The SMILES string of the molecule is C1#CC(N2C3C=CC=CC3C3C2CCC2CCCC[C@@H]23)=CC(C2NC(c3ccccc3)=NC(c3ccccc3)N2)C1. The minimum Gasteiger partial charge on any atom is -0.355 e. The summed E-state index contributed by atoms with van der Waals surface area (Å²) in [6, 6.07) is 22.2. The summed E-state index contributed by atoms with van der Waals surface area (Å²) in [6.07, 6.45) is 21.3. The molecule has 0 radical (unpaired) electrons. The molecule has 4 nitrogen and oxygen atoms in total. The Morgan fingerprint density at radius 1 is 0.854 bits per heavy atom. The number of amidine groups is 1. The van der Waals surface area contributed by atoms with E-state index in [-0.39, 0.29) is 18.2 Å². The first-order valence-corrected chi connectivity index (χ1v) is 15.9. The largest absolute Gasteiger partial charge is 0.355 e. The lowest BCUT2D eigenvalue weighted by molar-refractivity contribution is 0.0617. The summed E-state index contributed by atoms with van der Waals surface area (Å²) < 4.78 is 0. The molecule has 1 saturated heterocycles. The van der Waals surface area contributed by atoms with Crippen LogP contribution >= 0.6 is 0 Å². The highest BCUT2D eigenvalue weighted by Crippen LogP contribution is 2.55. The Balaban J connectivity index is 1.11. The van der Waals surface area contributed by atoms with Crippen molar-refractivity contribution in [3.05, 3.63) is 108 Å². The number of hydrogen-bond acceptors (Lipinski definition) is 4. The highest BCUT2D eigenvalue weighted by molar-refractivity contribution is 5.99. The Morgan fingerprint density at radius 3 is 2.54 bits per heavy atom. The first-order valence-electron chi connectivity index (χ1n) is 15.9. The molecule has 0 bridgehead atoms. The highest BCUT2D eigenvalue weighted by Gasteiger charge is 2.54. The van der Waals surface area contributed by atoms with Crippen LogP contribution in [-0.4, -0.2) is 29.0 Å². The van der Waals surface area contributed by atoms with Crippen molar-refractivity contribution in [3.63, 3.8) is 0 Å². The Kier molecular flexibility index (Phi) is 6.57. The van der Waals surface area contributed by atoms with E-state index in [1.165, 1.54) is 49.8 Å². The molecule has 8 rings (SSSR count). The maximum absolute atomic E-state index is 5.12. The second-order valence-corrected chi connectivity index (χ2v) is 12.8. The molecule has 2 aliphatic heterocycles. The molecule has 4 aliphatic carbocycles. The van der Waals surface area contributed by atoms with Gasteiger partial charge in [-0.1, -0.05) is 110 Å². The molecule has 9 atom stereocenters. The van der Waals surface area contributed by atoms with Crippen LogP contribution in [0.25, 0.3) is 0 Å². The first-order chi connectivity index (χ1) is 20.3. The van der Waals surface area contributed by atoms with Gasteiger partial charge in [-0.05, 0) is 54.6 Å². The van der Waals surface area contributed by atoms with E-state index in [0.717, 1.165) is 35.6 Å². The fraction of sp³-hybridized carbons (Fsp3) is 0.432. The van der Waals surface area contributed by atoms with Crippen LogP contribution in [0.2, 0.25) is 0 Å². The summed E-state index contributed by atoms with van der Waals surface area (Å²) in [5, 5.41) is 7.63. The number of nitrogens with one attached hydrogen (secondary N) is 2. The van der Waals surface area contributed by atoms with E-state index in [1.807, 2.05) is 0 Å². The number of likely N-dealkylation sites (tertiary alicyclic amines) is 1. The fourth-order valence-corrected chi connectivity index (χ4v) is 8.92. The Hall–Kier alpha value is -3.55. The van der Waals surface area contributed by atoms with Crippen LogP contribution in [0, 0.1) is 41.4 Å². The molecule has 2 heterocycles. The summed E-state index contributed by atoms with van der Waals surface area (Å²) in [5.41, 5.74) is 3.56. The van der Waals surface area contributed by atoms with Crippen molar-refractivity contribution in [1.29, 1.82) is 0 Å². The summed E-state index contributed by atoms with van der Waals surface area (Å²) in [4.78, 5) is 7.89. The van der Waals surface area contributed by atoms with Gasteiger partial charge in [-0.3, -0.25) is 5.32 Å². The van der Waals surface area contributed by atoms with Gasteiger partial charge < -0.3 is 10.2 Å². The Morgan fingerprint density at radius 2 is 1.66 bits per heavy atom. The second kappa shape index (κ2) is 10.7. The summed E-state index contributed by atoms with van der Waals surface area (Å²) >= 11 is 0. The van der Waals surface area contributed by atoms with E-state index >= 15 is 0 Å². The van der Waals surface area contributed by atoms with Crippen molar-refractivity contribution in [2.24, 2.45) is 34.6 Å². The average Bonchev–Trinajstić information content (AvgIpc) is 3.40. The minimum atomic E-state index is -0.0991. The standard InChI is InChI=1S/C37H40N4/c1-3-13-26(14-4-1)35-38-36(27-15-5-2-6-16-27)40-37(39-35)28-17-11-18-29(24-28)41-32-21-10-9-20-31(32)34-30-19-8-7-12-25(30)22-23-33(34)41/h1-6,9-10,13-16,20-21,24-25,28,30-35,37,39H,7-8,12,17,19,22-23H2,(H,38,40)/t25?,28?,30-,31?,32?,33?,34?,35?,37?/m0/s1. The number of benzene rings is 2. The lowest BCUT2D eigenvalue weighted by Gasteiger charge is -2.46. The number of nitrogens with zero attached hydrogens (tertiary/aromatic N) is 2. The summed E-state index contributed by atoms with van der Waals surface area (Å²) in [6.45, 7) is 0. The van der Waals surface area contributed by atoms with Gasteiger partial charge in [0.25, 0.3) is 0 Å². The normalized spacial score (nSPS) is 37.0. The van der Waals surface area contributed by atoms with Gasteiger partial charge in [0.05, 0.1) is 17.9 Å². The van der Waals surface area contributed by atoms with Crippen LogP contribution in [0.1, 0.15) is 62.2 Å². The lowest BCUT2D eigenvalue weighted by Crippen LogP contribution is -2.55. The van der Waals surface area contributed by atoms with E-state index in [4.69, 9.17) is 4.99 Å². The average molecular weight is 541 g/mol. The number of rotatable bonds is 4. The maximum atomic E-state index is 5.12. The van der Waals surface area contributed by atoms with Crippen molar-refractivity contribution >= 4 is 5.84 Å². The minimum absolute atomic E-state index is 0.0441. The summed E-state index contributed by atoms with van der Waals surface area (Å²) in [5.74, 6) is 11.6. The Labute approximate surface area is 244 Å². The van der Waals surface area contributed by atoms with Gasteiger partial charge in [0, 0.05) is 29.9 Å². The fourth-order valence-electron chi connectivity index (χ4n) is 8.92. The van der Waals surface area contributed by atoms with Crippen LogP contribution in [-0.2, 0) is 0 Å². The predicted octanol–water partition coefficient (Wildman–Crippen LogP) is 6.57. The summed E-state index contributed by atoms with van der Waals surface area (Å²) in [7, 11) is 0. The smallest absolute Gasteiger partial charge is 0.131 e. The molecular formula is C37H40N4. The highest BCUT2D eigenvalue weighted by atomic mass is 15.3. The molecule has 0 spiro atoms. The van der Waals surface area contributed by atoms with E-state index in [2.05, 4.69) is 118 Å². The third-order valence-corrected chi connectivity index (χ3v) is 10.7. The number of hydrogen-bond donors (Lipinski definition) is 2. The van der Waals surface area contributed by atoms with Crippen LogP contribution in [0.4, 0.5) is 0 Å². The van der Waals surface area contributed by atoms with Crippen LogP contribution < -0.4 is 10.6 Å². The monoisotopic (exact) mass is 540 g/mol. The Bertz CT molecular complexity index is 1440. The molecule has 8 unspecified atom stereocenters. The molecule has 2 saturated carbocycles. The van der Waals surface area contributed by atoms with E-state index in [0.29, 0.717) is 18.0 Å². The van der Waals surface area contributed by atoms with E-state index < -0.39 is 0 Å². The second-order valence-electron chi connectivity index (χ2n) is 12.8. The molecule has 208 valence electrons. The van der Waals surface area contributed by atoms with Gasteiger partial charge in [-0.15, -0.1) is 0 Å². The van der Waals surface area contributed by atoms with Gasteiger partial charge in [0.2, 0.25) is 0 Å². The molecule has 0 amide bonds. The van der Waals surface area contributed by atoms with Gasteiger partial charge in [0.1, 0.15) is 12.0 Å². The molecule has 0 aromatic heterocycles. The molecule has 2 aromatic carbocycles. The van der Waals surface area contributed by atoms with E-state index in [9.17, 15) is 0 Å². The predicted molar refractivity (Wildman–Crippen MR) is 166 cm³/mol. The molecule has 2 N–H and O–H groups in total. The van der Waals surface area contributed by atoms with Crippen LogP contribution in [0.15, 0.2) is 102 Å². The molecule has 41 heavy (non-hydrogen) atoms. The van der Waals surface area contributed by atoms with Gasteiger partial charge in [-0.25, -0.2) is 4.99 Å². The topological polar surface area (TPSA) is 39.7 Å². The maximum Gasteiger partial charge on any atom is 0.131 e. The molecule has 6 aliphatic rings. The zero-order valence-corrected chi connectivity index (χ0v) is 23.7. The van der Waals surface area contributed by atoms with Crippen LogP contribution in [0.5, 0.6) is 0 Å². The van der Waals surface area contributed by atoms with Crippen molar-refractivity contribution in [1.82, 2.24) is 15.5 Å². The van der Waals surface area contributed by atoms with Crippen molar-refractivity contribution in [2.75, 3.05) is 0 Å². The molecule has 2 aromatic rings. The molecule has 3 fully saturated rings. The van der Waals surface area contributed by atoms with Crippen molar-refractivity contribution < 1.29 is 0 Å². The van der Waals surface area contributed by atoms with Crippen LogP contribution in [0.3, 0.4) is 0 Å². The third kappa shape index (κ3) is 4.56. The number of fused-ring (bicyclic) bond motifs is 5. The zero-order chi connectivity index (χ0) is 27.2. The third-order valence-electron chi connectivity index (χ3n) is 10.7. The van der Waals surface area contributed by atoms with Crippen molar-refractivity contribution in [2.45, 2.75) is 69.4 Å². The van der Waals surface area contributed by atoms with Gasteiger partial charge in [-0.2, -0.15) is 0 Å². The number of allylic oxidation sites excluding steroid dienone is 3.